The predicted octanol–water partition coefficient (Wildman–Crippen LogP) is 4.39. The molecule has 0 amide bonds. The van der Waals surface area contributed by atoms with Gasteiger partial charge in [0.2, 0.25) is 0 Å². The van der Waals surface area contributed by atoms with Crippen molar-refractivity contribution in [3.63, 3.8) is 0 Å². The fraction of sp³-hybridized carbons (Fsp3) is 0.0556. The summed E-state index contributed by atoms with van der Waals surface area (Å²) in [5, 5.41) is 11.3. The second-order valence-electron chi connectivity index (χ2n) is 4.62. The van der Waals surface area contributed by atoms with Crippen LogP contribution >= 0.6 is 0 Å². The van der Waals surface area contributed by atoms with Gasteiger partial charge in [0.1, 0.15) is 5.75 Å². The molecule has 0 radical (unpaired) electrons. The summed E-state index contributed by atoms with van der Waals surface area (Å²) in [4.78, 5) is 0. The minimum absolute atomic E-state index is 0.678. The lowest BCUT2D eigenvalue weighted by Gasteiger charge is -2.06. The summed E-state index contributed by atoms with van der Waals surface area (Å²) in [6.45, 7) is 0. The highest BCUT2D eigenvalue weighted by molar-refractivity contribution is 5.88. The number of benzene rings is 3. The molecule has 0 saturated heterocycles. The molecule has 0 saturated carbocycles. The molecule has 0 aliphatic heterocycles. The van der Waals surface area contributed by atoms with Crippen LogP contribution in [0, 0.1) is 11.3 Å². The maximum atomic E-state index is 8.97. The highest BCUT2D eigenvalue weighted by Gasteiger charge is 2.02. The van der Waals surface area contributed by atoms with Gasteiger partial charge in [-0.25, -0.2) is 0 Å². The smallest absolute Gasteiger partial charge is 0.119 e. The summed E-state index contributed by atoms with van der Waals surface area (Å²) < 4.78 is 5.23. The topological polar surface area (TPSA) is 33.0 Å². The molecule has 20 heavy (non-hydrogen) atoms. The Hall–Kier alpha value is -2.79. The number of rotatable bonds is 2. The van der Waals surface area contributed by atoms with Crippen molar-refractivity contribution in [2.75, 3.05) is 7.11 Å². The summed E-state index contributed by atoms with van der Waals surface area (Å²) in [5.41, 5.74) is 2.85. The predicted molar refractivity (Wildman–Crippen MR) is 80.7 cm³/mol. The fourth-order valence-electron chi connectivity index (χ4n) is 2.30. The van der Waals surface area contributed by atoms with Crippen LogP contribution < -0.4 is 4.74 Å². The van der Waals surface area contributed by atoms with Gasteiger partial charge in [0.15, 0.2) is 0 Å². The zero-order chi connectivity index (χ0) is 13.9. The van der Waals surface area contributed by atoms with Crippen molar-refractivity contribution >= 4 is 10.8 Å². The van der Waals surface area contributed by atoms with E-state index in [0.29, 0.717) is 5.56 Å². The number of nitrogens with zero attached hydrogens (tertiary/aromatic N) is 1. The SMILES string of the molecule is COc1ccc2cc(-c3cccc(C#N)c3)ccc2c1. The third kappa shape index (κ3) is 2.22. The van der Waals surface area contributed by atoms with Gasteiger partial charge in [0.25, 0.3) is 0 Å². The Morgan fingerprint density at radius 3 is 2.40 bits per heavy atom. The Kier molecular flexibility index (Phi) is 3.10. The van der Waals surface area contributed by atoms with Crippen molar-refractivity contribution in [1.82, 2.24) is 0 Å². The van der Waals surface area contributed by atoms with Crippen molar-refractivity contribution in [3.05, 3.63) is 66.2 Å². The second-order valence-corrected chi connectivity index (χ2v) is 4.62. The lowest BCUT2D eigenvalue weighted by Crippen LogP contribution is -1.84. The first-order chi connectivity index (χ1) is 9.80. The van der Waals surface area contributed by atoms with E-state index in [1.807, 2.05) is 42.5 Å². The standard InChI is InChI=1S/C18H13NO/c1-20-18-8-7-16-10-15(5-6-17(16)11-18)14-4-2-3-13(9-14)12-19/h2-11H,1H3. The molecule has 0 atom stereocenters. The molecular formula is C18H13NO. The largest absolute Gasteiger partial charge is 0.497 e. The van der Waals surface area contributed by atoms with E-state index >= 15 is 0 Å². The first-order valence-electron chi connectivity index (χ1n) is 6.38. The molecule has 3 aromatic rings. The monoisotopic (exact) mass is 259 g/mol. The maximum Gasteiger partial charge on any atom is 0.119 e. The highest BCUT2D eigenvalue weighted by Crippen LogP contribution is 2.27. The van der Waals surface area contributed by atoms with Crippen LogP contribution in [0.1, 0.15) is 5.56 Å². The Balaban J connectivity index is 2.11. The van der Waals surface area contributed by atoms with Gasteiger partial charge < -0.3 is 4.74 Å². The zero-order valence-corrected chi connectivity index (χ0v) is 11.1. The van der Waals surface area contributed by atoms with Crippen molar-refractivity contribution in [1.29, 1.82) is 5.26 Å². The van der Waals surface area contributed by atoms with E-state index in [0.717, 1.165) is 27.6 Å². The minimum atomic E-state index is 0.678. The van der Waals surface area contributed by atoms with E-state index in [-0.39, 0.29) is 0 Å². The Morgan fingerprint density at radius 1 is 0.850 bits per heavy atom. The normalized spacial score (nSPS) is 10.2. The van der Waals surface area contributed by atoms with Gasteiger partial charge in [-0.2, -0.15) is 5.26 Å². The average molecular weight is 259 g/mol. The first-order valence-corrected chi connectivity index (χ1v) is 6.38. The number of hydrogen-bond donors (Lipinski definition) is 0. The summed E-state index contributed by atoms with van der Waals surface area (Å²) in [5.74, 6) is 0.858. The number of ether oxygens (including phenoxy) is 1. The Labute approximate surface area is 117 Å². The molecule has 96 valence electrons. The third-order valence-electron chi connectivity index (χ3n) is 3.37. The molecule has 3 aromatic carbocycles. The lowest BCUT2D eigenvalue weighted by molar-refractivity contribution is 0.415. The van der Waals surface area contributed by atoms with Gasteiger partial charge in [-0.15, -0.1) is 0 Å². The van der Waals surface area contributed by atoms with Gasteiger partial charge in [-0.1, -0.05) is 30.3 Å². The molecule has 3 rings (SSSR count). The number of hydrogen-bond acceptors (Lipinski definition) is 2. The van der Waals surface area contributed by atoms with Gasteiger partial charge in [0.05, 0.1) is 18.7 Å². The average Bonchev–Trinajstić information content (AvgIpc) is 2.54. The molecule has 0 unspecified atom stereocenters. The van der Waals surface area contributed by atoms with Crippen molar-refractivity contribution in [3.8, 4) is 22.9 Å². The van der Waals surface area contributed by atoms with E-state index < -0.39 is 0 Å². The molecule has 0 fully saturated rings. The van der Waals surface area contributed by atoms with Gasteiger partial charge in [0, 0.05) is 0 Å². The van der Waals surface area contributed by atoms with E-state index in [2.05, 4.69) is 24.3 Å². The van der Waals surface area contributed by atoms with E-state index in [4.69, 9.17) is 10.00 Å². The number of methoxy groups -OCH3 is 1. The molecule has 0 aliphatic carbocycles. The van der Waals surface area contributed by atoms with Crippen LogP contribution in [0.15, 0.2) is 60.7 Å². The van der Waals surface area contributed by atoms with E-state index in [1.165, 1.54) is 0 Å². The van der Waals surface area contributed by atoms with Crippen LogP contribution in [0.25, 0.3) is 21.9 Å². The van der Waals surface area contributed by atoms with Crippen molar-refractivity contribution in [2.45, 2.75) is 0 Å². The van der Waals surface area contributed by atoms with E-state index in [1.54, 1.807) is 7.11 Å². The maximum absolute atomic E-state index is 8.97. The van der Waals surface area contributed by atoms with E-state index in [9.17, 15) is 0 Å². The second kappa shape index (κ2) is 5.07. The number of fused-ring (bicyclic) bond motifs is 1. The third-order valence-corrected chi connectivity index (χ3v) is 3.37. The van der Waals surface area contributed by atoms with Crippen molar-refractivity contribution in [2.24, 2.45) is 0 Å². The van der Waals surface area contributed by atoms with Crippen LogP contribution in [-0.4, -0.2) is 7.11 Å². The highest BCUT2D eigenvalue weighted by atomic mass is 16.5. The molecule has 0 aromatic heterocycles. The molecule has 0 aliphatic rings. The van der Waals surface area contributed by atoms with Crippen LogP contribution in [0.3, 0.4) is 0 Å². The Bertz CT molecular complexity index is 815. The summed E-state index contributed by atoms with van der Waals surface area (Å²) in [6, 6.07) is 22.1. The fourth-order valence-corrected chi connectivity index (χ4v) is 2.30. The molecule has 0 heterocycles. The summed E-state index contributed by atoms with van der Waals surface area (Å²) in [6.07, 6.45) is 0. The van der Waals surface area contributed by atoms with Crippen LogP contribution in [0.5, 0.6) is 5.75 Å². The molecular weight excluding hydrogens is 246 g/mol. The van der Waals surface area contributed by atoms with Gasteiger partial charge in [-0.05, 0) is 52.2 Å². The zero-order valence-electron chi connectivity index (χ0n) is 11.1. The molecule has 0 bridgehead atoms. The number of nitriles is 1. The minimum Gasteiger partial charge on any atom is -0.497 e. The molecule has 2 nitrogen and oxygen atoms in total. The molecule has 0 N–H and O–H groups in total. The van der Waals surface area contributed by atoms with Gasteiger partial charge >= 0.3 is 0 Å². The summed E-state index contributed by atoms with van der Waals surface area (Å²) in [7, 11) is 1.67. The van der Waals surface area contributed by atoms with Crippen LogP contribution in [0.4, 0.5) is 0 Å². The first kappa shape index (κ1) is 12.3. The molecule has 2 heteroatoms. The van der Waals surface area contributed by atoms with Crippen LogP contribution in [-0.2, 0) is 0 Å². The lowest BCUT2D eigenvalue weighted by atomic mass is 10.00. The summed E-state index contributed by atoms with van der Waals surface area (Å²) >= 11 is 0. The molecule has 0 spiro atoms. The van der Waals surface area contributed by atoms with Gasteiger partial charge in [-0.3, -0.25) is 0 Å². The van der Waals surface area contributed by atoms with Crippen LogP contribution in [0.2, 0.25) is 0 Å². The van der Waals surface area contributed by atoms with Crippen molar-refractivity contribution < 1.29 is 4.74 Å². The Morgan fingerprint density at radius 2 is 1.60 bits per heavy atom. The quantitative estimate of drug-likeness (QED) is 0.684.